The van der Waals surface area contributed by atoms with E-state index in [-0.39, 0.29) is 18.2 Å². The zero-order valence-corrected chi connectivity index (χ0v) is 9.33. The van der Waals surface area contributed by atoms with Crippen molar-refractivity contribution in [2.24, 2.45) is 0 Å². The molecule has 5 heteroatoms. The van der Waals surface area contributed by atoms with Gasteiger partial charge in [0.25, 0.3) is 0 Å². The van der Waals surface area contributed by atoms with Crippen molar-refractivity contribution in [3.05, 3.63) is 18.3 Å². The van der Waals surface area contributed by atoms with Crippen molar-refractivity contribution in [3.63, 3.8) is 0 Å². The molecule has 0 amide bonds. The Labute approximate surface area is 95.7 Å². The first-order valence-electron chi connectivity index (χ1n) is 4.97. The SMILES string of the molecule is Cl.Oc1cccnc1N1CCCNCC1. The molecule has 1 saturated heterocycles. The van der Waals surface area contributed by atoms with Crippen molar-refractivity contribution in [3.8, 4) is 5.75 Å². The Kier molecular flexibility index (Phi) is 4.65. The van der Waals surface area contributed by atoms with Gasteiger partial charge < -0.3 is 15.3 Å². The topological polar surface area (TPSA) is 48.4 Å². The summed E-state index contributed by atoms with van der Waals surface area (Å²) in [4.78, 5) is 6.31. The molecule has 0 spiro atoms. The molecule has 2 rings (SSSR count). The number of hydrogen-bond donors (Lipinski definition) is 2. The normalized spacial score (nSPS) is 16.7. The lowest BCUT2D eigenvalue weighted by Gasteiger charge is -2.21. The van der Waals surface area contributed by atoms with Gasteiger partial charge in [-0.1, -0.05) is 0 Å². The molecule has 0 bridgehead atoms. The van der Waals surface area contributed by atoms with Crippen molar-refractivity contribution in [2.45, 2.75) is 6.42 Å². The molecule has 1 aromatic heterocycles. The van der Waals surface area contributed by atoms with E-state index in [1.165, 1.54) is 0 Å². The number of nitrogens with one attached hydrogen (secondary N) is 1. The number of aromatic nitrogens is 1. The second-order valence-corrected chi connectivity index (χ2v) is 3.44. The third-order valence-corrected chi connectivity index (χ3v) is 2.41. The molecule has 0 radical (unpaired) electrons. The monoisotopic (exact) mass is 229 g/mol. The predicted octanol–water partition coefficient (Wildman–Crippen LogP) is 1.01. The molecule has 0 unspecified atom stereocenters. The summed E-state index contributed by atoms with van der Waals surface area (Å²) in [7, 11) is 0. The van der Waals surface area contributed by atoms with E-state index in [1.807, 2.05) is 0 Å². The van der Waals surface area contributed by atoms with Crippen molar-refractivity contribution < 1.29 is 5.11 Å². The molecule has 2 N–H and O–H groups in total. The molecule has 1 aliphatic heterocycles. The molecule has 1 fully saturated rings. The lowest BCUT2D eigenvalue weighted by molar-refractivity contribution is 0.471. The van der Waals surface area contributed by atoms with Crippen LogP contribution in [0.15, 0.2) is 18.3 Å². The van der Waals surface area contributed by atoms with Gasteiger partial charge in [-0.25, -0.2) is 4.98 Å². The average Bonchev–Trinajstić information content (AvgIpc) is 2.47. The molecule has 15 heavy (non-hydrogen) atoms. The molecule has 1 aliphatic rings. The second-order valence-electron chi connectivity index (χ2n) is 3.44. The fourth-order valence-electron chi connectivity index (χ4n) is 1.69. The van der Waals surface area contributed by atoms with Crippen LogP contribution in [0.5, 0.6) is 5.75 Å². The van der Waals surface area contributed by atoms with Gasteiger partial charge in [0.15, 0.2) is 11.6 Å². The fourth-order valence-corrected chi connectivity index (χ4v) is 1.69. The summed E-state index contributed by atoms with van der Waals surface area (Å²) in [6.45, 7) is 3.86. The van der Waals surface area contributed by atoms with E-state index < -0.39 is 0 Å². The number of aromatic hydroxyl groups is 1. The zero-order chi connectivity index (χ0) is 9.80. The quantitative estimate of drug-likeness (QED) is 0.755. The van der Waals surface area contributed by atoms with Crippen LogP contribution in [0, 0.1) is 0 Å². The Balaban J connectivity index is 0.00000112. The summed E-state index contributed by atoms with van der Waals surface area (Å²) >= 11 is 0. The maximum Gasteiger partial charge on any atom is 0.171 e. The molecule has 0 saturated carbocycles. The minimum absolute atomic E-state index is 0. The standard InChI is InChI=1S/C10H15N3O.ClH/c14-9-3-1-5-12-10(9)13-7-2-4-11-6-8-13;/h1,3,5,11,14H,2,4,6-8H2;1H. The van der Waals surface area contributed by atoms with E-state index >= 15 is 0 Å². The zero-order valence-electron chi connectivity index (χ0n) is 8.52. The average molecular weight is 230 g/mol. The number of nitrogens with zero attached hydrogens (tertiary/aromatic N) is 2. The van der Waals surface area contributed by atoms with Gasteiger partial charge in [-0.05, 0) is 25.1 Å². The summed E-state index contributed by atoms with van der Waals surface area (Å²) in [5, 5.41) is 12.9. The van der Waals surface area contributed by atoms with Crippen LogP contribution in [0.4, 0.5) is 5.82 Å². The number of hydrogen-bond acceptors (Lipinski definition) is 4. The molecule has 4 nitrogen and oxygen atoms in total. The van der Waals surface area contributed by atoms with E-state index in [0.717, 1.165) is 32.6 Å². The molecule has 0 aromatic carbocycles. The fraction of sp³-hybridized carbons (Fsp3) is 0.500. The van der Waals surface area contributed by atoms with Gasteiger partial charge in [-0.2, -0.15) is 0 Å². The van der Waals surface area contributed by atoms with Crippen LogP contribution in [0.3, 0.4) is 0 Å². The van der Waals surface area contributed by atoms with Crippen molar-refractivity contribution in [2.75, 3.05) is 31.1 Å². The number of anilines is 1. The smallest absolute Gasteiger partial charge is 0.171 e. The molecule has 0 atom stereocenters. The first-order valence-corrected chi connectivity index (χ1v) is 4.97. The van der Waals surface area contributed by atoms with Crippen LogP contribution < -0.4 is 10.2 Å². The van der Waals surface area contributed by atoms with E-state index in [0.29, 0.717) is 5.82 Å². The molecule has 84 valence electrons. The van der Waals surface area contributed by atoms with E-state index in [2.05, 4.69) is 15.2 Å². The number of pyridine rings is 1. The molecule has 2 heterocycles. The Morgan fingerprint density at radius 1 is 1.33 bits per heavy atom. The van der Waals surface area contributed by atoms with Crippen LogP contribution in [-0.4, -0.2) is 36.3 Å². The van der Waals surface area contributed by atoms with Gasteiger partial charge in [0.05, 0.1) is 0 Å². The Bertz CT molecular complexity index is 300. The Morgan fingerprint density at radius 3 is 3.00 bits per heavy atom. The highest BCUT2D eigenvalue weighted by Gasteiger charge is 2.13. The highest BCUT2D eigenvalue weighted by molar-refractivity contribution is 5.85. The van der Waals surface area contributed by atoms with Crippen molar-refractivity contribution in [1.82, 2.24) is 10.3 Å². The molecule has 0 aliphatic carbocycles. The minimum Gasteiger partial charge on any atom is -0.504 e. The first-order chi connectivity index (χ1) is 6.88. The Morgan fingerprint density at radius 2 is 2.20 bits per heavy atom. The van der Waals surface area contributed by atoms with Gasteiger partial charge in [0.2, 0.25) is 0 Å². The van der Waals surface area contributed by atoms with Crippen LogP contribution in [0.2, 0.25) is 0 Å². The summed E-state index contributed by atoms with van der Waals surface area (Å²) in [5.41, 5.74) is 0. The van der Waals surface area contributed by atoms with Gasteiger partial charge >= 0.3 is 0 Å². The third kappa shape index (κ3) is 2.97. The molecular weight excluding hydrogens is 214 g/mol. The van der Waals surface area contributed by atoms with Gasteiger partial charge in [0.1, 0.15) is 0 Å². The van der Waals surface area contributed by atoms with E-state index in [9.17, 15) is 5.11 Å². The number of rotatable bonds is 1. The van der Waals surface area contributed by atoms with E-state index in [4.69, 9.17) is 0 Å². The van der Waals surface area contributed by atoms with Crippen LogP contribution in [0.25, 0.3) is 0 Å². The second kappa shape index (κ2) is 5.78. The third-order valence-electron chi connectivity index (χ3n) is 2.41. The van der Waals surface area contributed by atoms with Gasteiger partial charge in [0, 0.05) is 25.8 Å². The van der Waals surface area contributed by atoms with Gasteiger partial charge in [-0.15, -0.1) is 12.4 Å². The van der Waals surface area contributed by atoms with Crippen LogP contribution >= 0.6 is 12.4 Å². The van der Waals surface area contributed by atoms with Crippen LogP contribution in [0.1, 0.15) is 6.42 Å². The van der Waals surface area contributed by atoms with Gasteiger partial charge in [-0.3, -0.25) is 0 Å². The maximum atomic E-state index is 9.63. The number of halogens is 1. The molecule has 1 aromatic rings. The first kappa shape index (κ1) is 12.1. The largest absolute Gasteiger partial charge is 0.504 e. The Hall–Kier alpha value is -1.00. The van der Waals surface area contributed by atoms with Crippen molar-refractivity contribution in [1.29, 1.82) is 0 Å². The van der Waals surface area contributed by atoms with Crippen molar-refractivity contribution >= 4 is 18.2 Å². The summed E-state index contributed by atoms with van der Waals surface area (Å²) in [6.07, 6.45) is 2.81. The lowest BCUT2D eigenvalue weighted by Crippen LogP contribution is -2.28. The van der Waals surface area contributed by atoms with E-state index in [1.54, 1.807) is 18.3 Å². The lowest BCUT2D eigenvalue weighted by atomic mass is 10.3. The maximum absolute atomic E-state index is 9.63. The minimum atomic E-state index is 0. The summed E-state index contributed by atoms with van der Waals surface area (Å²) in [6, 6.07) is 3.43. The highest BCUT2D eigenvalue weighted by Crippen LogP contribution is 2.23. The highest BCUT2D eigenvalue weighted by atomic mass is 35.5. The summed E-state index contributed by atoms with van der Waals surface area (Å²) < 4.78 is 0. The molecular formula is C10H16ClN3O. The van der Waals surface area contributed by atoms with Crippen LogP contribution in [-0.2, 0) is 0 Å². The predicted molar refractivity (Wildman–Crippen MR) is 62.8 cm³/mol. The summed E-state index contributed by atoms with van der Waals surface area (Å²) in [5.74, 6) is 0.977.